The number of halogens is 1. The largest absolute Gasteiger partial charge is 0.337 e. The number of likely N-dealkylation sites (tertiary alicyclic amines) is 1. The van der Waals surface area contributed by atoms with Crippen LogP contribution in [0.15, 0.2) is 24.3 Å². The Morgan fingerprint density at radius 3 is 2.55 bits per heavy atom. The monoisotopic (exact) mass is 322 g/mol. The van der Waals surface area contributed by atoms with Crippen molar-refractivity contribution < 1.29 is 4.79 Å². The maximum Gasteiger partial charge on any atom is 0.253 e. The molecular formula is C18H27ClN2O. The van der Waals surface area contributed by atoms with Crippen LogP contribution in [0.4, 0.5) is 0 Å². The molecule has 0 bridgehead atoms. The fourth-order valence-electron chi connectivity index (χ4n) is 3.16. The molecule has 0 aromatic heterocycles. The van der Waals surface area contributed by atoms with Crippen LogP contribution in [0.5, 0.6) is 0 Å². The van der Waals surface area contributed by atoms with E-state index in [-0.39, 0.29) is 11.9 Å². The molecule has 0 aliphatic carbocycles. The summed E-state index contributed by atoms with van der Waals surface area (Å²) in [6.45, 7) is 7.65. The molecule has 3 nitrogen and oxygen atoms in total. The number of nitrogens with zero attached hydrogens (tertiary/aromatic N) is 2. The van der Waals surface area contributed by atoms with Gasteiger partial charge in [0.05, 0.1) is 0 Å². The van der Waals surface area contributed by atoms with Crippen molar-refractivity contribution in [2.75, 3.05) is 26.7 Å². The molecule has 1 aliphatic heterocycles. The Balaban J connectivity index is 2.08. The van der Waals surface area contributed by atoms with E-state index in [2.05, 4.69) is 18.7 Å². The fourth-order valence-corrected chi connectivity index (χ4v) is 3.35. The number of amides is 1. The number of likely N-dealkylation sites (N-methyl/N-ethyl adjacent to an activating group) is 1. The van der Waals surface area contributed by atoms with Crippen molar-refractivity contribution in [1.82, 2.24) is 9.80 Å². The van der Waals surface area contributed by atoms with Crippen molar-refractivity contribution in [3.63, 3.8) is 0 Å². The summed E-state index contributed by atoms with van der Waals surface area (Å²) in [6.07, 6.45) is 3.88. The SMILES string of the molecule is CC(C)[C@@H](CN1CCCCC1)N(C)C(=O)c1cccc(Cl)c1. The molecule has 1 fully saturated rings. The van der Waals surface area contributed by atoms with E-state index in [1.54, 1.807) is 12.1 Å². The minimum Gasteiger partial charge on any atom is -0.337 e. The minimum atomic E-state index is 0.0539. The highest BCUT2D eigenvalue weighted by molar-refractivity contribution is 6.30. The maximum absolute atomic E-state index is 12.7. The summed E-state index contributed by atoms with van der Waals surface area (Å²) >= 11 is 6.01. The van der Waals surface area contributed by atoms with Gasteiger partial charge in [-0.05, 0) is 50.0 Å². The molecule has 1 aliphatic rings. The van der Waals surface area contributed by atoms with Crippen molar-refractivity contribution in [3.8, 4) is 0 Å². The predicted molar refractivity (Wildman–Crippen MR) is 92.5 cm³/mol. The molecule has 0 saturated carbocycles. The van der Waals surface area contributed by atoms with Gasteiger partial charge in [-0.15, -0.1) is 0 Å². The summed E-state index contributed by atoms with van der Waals surface area (Å²) in [5.41, 5.74) is 0.666. The molecule has 22 heavy (non-hydrogen) atoms. The summed E-state index contributed by atoms with van der Waals surface area (Å²) in [6, 6.07) is 7.44. The zero-order valence-corrected chi connectivity index (χ0v) is 14.6. The van der Waals surface area contributed by atoms with Crippen LogP contribution in [0.3, 0.4) is 0 Å². The molecule has 2 rings (SSSR count). The normalized spacial score (nSPS) is 17.5. The topological polar surface area (TPSA) is 23.6 Å². The van der Waals surface area contributed by atoms with E-state index in [0.29, 0.717) is 16.5 Å². The smallest absolute Gasteiger partial charge is 0.253 e. The highest BCUT2D eigenvalue weighted by atomic mass is 35.5. The number of carbonyl (C=O) groups is 1. The Labute approximate surface area is 139 Å². The van der Waals surface area contributed by atoms with E-state index in [1.165, 1.54) is 19.3 Å². The van der Waals surface area contributed by atoms with Crippen LogP contribution in [-0.4, -0.2) is 48.4 Å². The highest BCUT2D eigenvalue weighted by Gasteiger charge is 2.26. The van der Waals surface area contributed by atoms with Gasteiger partial charge in [-0.3, -0.25) is 4.79 Å². The van der Waals surface area contributed by atoms with Gasteiger partial charge in [0.15, 0.2) is 0 Å². The summed E-state index contributed by atoms with van der Waals surface area (Å²) in [5.74, 6) is 0.480. The van der Waals surface area contributed by atoms with Crippen LogP contribution >= 0.6 is 11.6 Å². The first-order valence-electron chi connectivity index (χ1n) is 8.24. The third-order valence-electron chi connectivity index (χ3n) is 4.55. The van der Waals surface area contributed by atoms with E-state index in [9.17, 15) is 4.79 Å². The van der Waals surface area contributed by atoms with E-state index in [4.69, 9.17) is 11.6 Å². The highest BCUT2D eigenvalue weighted by Crippen LogP contribution is 2.19. The van der Waals surface area contributed by atoms with Crippen molar-refractivity contribution in [2.24, 2.45) is 5.92 Å². The molecule has 1 saturated heterocycles. The summed E-state index contributed by atoms with van der Waals surface area (Å²) < 4.78 is 0. The molecule has 1 heterocycles. The first-order chi connectivity index (χ1) is 10.5. The molecule has 1 atom stereocenters. The van der Waals surface area contributed by atoms with Crippen LogP contribution in [0.1, 0.15) is 43.5 Å². The standard InChI is InChI=1S/C18H27ClN2O/c1-14(2)17(13-21-10-5-4-6-11-21)20(3)18(22)15-8-7-9-16(19)12-15/h7-9,12,14,17H,4-6,10-11,13H2,1-3H3/t17-/m1/s1. The summed E-state index contributed by atoms with van der Waals surface area (Å²) in [7, 11) is 1.91. The van der Waals surface area contributed by atoms with E-state index in [1.807, 2.05) is 24.1 Å². The number of rotatable bonds is 5. The van der Waals surface area contributed by atoms with E-state index in [0.717, 1.165) is 19.6 Å². The van der Waals surface area contributed by atoms with Gasteiger partial charge in [0.25, 0.3) is 5.91 Å². The lowest BCUT2D eigenvalue weighted by atomic mass is 10.00. The van der Waals surface area contributed by atoms with Gasteiger partial charge in [-0.2, -0.15) is 0 Å². The fraction of sp³-hybridized carbons (Fsp3) is 0.611. The molecule has 1 aromatic rings. The molecule has 4 heteroatoms. The predicted octanol–water partition coefficient (Wildman–Crippen LogP) is 3.92. The van der Waals surface area contributed by atoms with Crippen molar-refractivity contribution in [3.05, 3.63) is 34.9 Å². The second-order valence-corrected chi connectivity index (χ2v) is 7.04. The van der Waals surface area contributed by atoms with Crippen LogP contribution < -0.4 is 0 Å². The van der Waals surface area contributed by atoms with Crippen LogP contribution in [-0.2, 0) is 0 Å². The van der Waals surface area contributed by atoms with Crippen molar-refractivity contribution >= 4 is 17.5 Å². The van der Waals surface area contributed by atoms with Gasteiger partial charge >= 0.3 is 0 Å². The average molecular weight is 323 g/mol. The molecule has 122 valence electrons. The number of hydrogen-bond acceptors (Lipinski definition) is 2. The molecule has 0 N–H and O–H groups in total. The van der Waals surface area contributed by atoms with Gasteiger partial charge in [0.2, 0.25) is 0 Å². The molecule has 0 unspecified atom stereocenters. The summed E-state index contributed by atoms with van der Waals surface area (Å²) in [4.78, 5) is 17.1. The number of benzene rings is 1. The Kier molecular flexibility index (Phi) is 6.27. The van der Waals surface area contributed by atoms with E-state index < -0.39 is 0 Å². The lowest BCUT2D eigenvalue weighted by Gasteiger charge is -2.37. The van der Waals surface area contributed by atoms with Gasteiger partial charge in [0.1, 0.15) is 0 Å². The van der Waals surface area contributed by atoms with Crippen LogP contribution in [0.2, 0.25) is 5.02 Å². The van der Waals surface area contributed by atoms with Gasteiger partial charge in [-0.25, -0.2) is 0 Å². The van der Waals surface area contributed by atoms with Crippen molar-refractivity contribution in [2.45, 2.75) is 39.2 Å². The third-order valence-corrected chi connectivity index (χ3v) is 4.79. The quantitative estimate of drug-likeness (QED) is 0.820. The molecule has 1 aromatic carbocycles. The molecular weight excluding hydrogens is 296 g/mol. The number of hydrogen-bond donors (Lipinski definition) is 0. The first-order valence-corrected chi connectivity index (χ1v) is 8.62. The van der Waals surface area contributed by atoms with Crippen molar-refractivity contribution in [1.29, 1.82) is 0 Å². The number of piperidine rings is 1. The Morgan fingerprint density at radius 2 is 1.95 bits per heavy atom. The lowest BCUT2D eigenvalue weighted by molar-refractivity contribution is 0.0611. The zero-order chi connectivity index (χ0) is 16.1. The van der Waals surface area contributed by atoms with Gasteiger partial charge in [-0.1, -0.05) is 37.9 Å². The summed E-state index contributed by atoms with van der Waals surface area (Å²) in [5, 5.41) is 0.608. The number of carbonyl (C=O) groups excluding carboxylic acids is 1. The lowest BCUT2D eigenvalue weighted by Crippen LogP contribution is -2.48. The Hall–Kier alpha value is -1.06. The molecule has 1 amide bonds. The molecule has 0 spiro atoms. The molecule has 0 radical (unpaired) electrons. The second kappa shape index (κ2) is 7.98. The van der Waals surface area contributed by atoms with Crippen LogP contribution in [0.25, 0.3) is 0 Å². The third kappa shape index (κ3) is 4.47. The zero-order valence-electron chi connectivity index (χ0n) is 13.9. The Bertz CT molecular complexity index is 498. The average Bonchev–Trinajstić information content (AvgIpc) is 2.52. The first kappa shape index (κ1) is 17.3. The Morgan fingerprint density at radius 1 is 1.27 bits per heavy atom. The maximum atomic E-state index is 12.7. The van der Waals surface area contributed by atoms with E-state index >= 15 is 0 Å². The van der Waals surface area contributed by atoms with Gasteiger partial charge in [0, 0.05) is 30.2 Å². The van der Waals surface area contributed by atoms with Gasteiger partial charge < -0.3 is 9.80 Å². The van der Waals surface area contributed by atoms with Crippen LogP contribution in [0, 0.1) is 5.92 Å². The second-order valence-electron chi connectivity index (χ2n) is 6.60. The minimum absolute atomic E-state index is 0.0539.